The van der Waals surface area contributed by atoms with Gasteiger partial charge < -0.3 is 19.7 Å². The molecule has 4 aliphatic carbocycles. The maximum absolute atomic E-state index is 12.3. The first-order valence-electron chi connectivity index (χ1n) is 24.6. The number of aromatic hydroxyl groups is 2. The number of hydrogen-bond acceptors (Lipinski definition) is 4. The summed E-state index contributed by atoms with van der Waals surface area (Å²) in [5, 5.41) is 24.7. The van der Waals surface area contributed by atoms with Gasteiger partial charge in [0.2, 0.25) is 0 Å². The molecule has 2 atom stereocenters. The first-order chi connectivity index (χ1) is 31.1. The second kappa shape index (κ2) is 19.3. The van der Waals surface area contributed by atoms with E-state index in [2.05, 4.69) is 82.8 Å². The first-order valence-corrected chi connectivity index (χ1v) is 24.6. The van der Waals surface area contributed by atoms with Gasteiger partial charge in [0.15, 0.2) is 0 Å². The number of fused-ring (bicyclic) bond motifs is 3. The molecule has 2 N–H and O–H groups in total. The van der Waals surface area contributed by atoms with Gasteiger partial charge in [0.1, 0.15) is 23.0 Å². The van der Waals surface area contributed by atoms with E-state index in [1.165, 1.54) is 83.9 Å². The quantitative estimate of drug-likeness (QED) is 0.147. The van der Waals surface area contributed by atoms with E-state index in [4.69, 9.17) is 9.47 Å². The number of ether oxygens (including phenoxy) is 2. The van der Waals surface area contributed by atoms with Gasteiger partial charge in [0.05, 0.1) is 12.2 Å². The van der Waals surface area contributed by atoms with Crippen molar-refractivity contribution in [3.05, 3.63) is 147 Å². The van der Waals surface area contributed by atoms with E-state index in [-0.39, 0.29) is 12.2 Å². The Hall–Kier alpha value is -5.48. The van der Waals surface area contributed by atoms with Gasteiger partial charge in [-0.05, 0) is 228 Å². The third kappa shape index (κ3) is 9.08. The van der Waals surface area contributed by atoms with Gasteiger partial charge in [0.25, 0.3) is 0 Å². The Bertz CT molecular complexity index is 2590. The molecule has 4 heteroatoms. The van der Waals surface area contributed by atoms with Gasteiger partial charge >= 0.3 is 0 Å². The summed E-state index contributed by atoms with van der Waals surface area (Å²) in [5.74, 6) is 2.12. The first kappa shape index (κ1) is 43.8. The third-order valence-corrected chi connectivity index (χ3v) is 14.4. The summed E-state index contributed by atoms with van der Waals surface area (Å²) in [6.07, 6.45) is 22.1. The van der Waals surface area contributed by atoms with E-state index in [9.17, 15) is 10.2 Å². The summed E-state index contributed by atoms with van der Waals surface area (Å²) in [6, 6.07) is 27.3. The highest BCUT2D eigenvalue weighted by molar-refractivity contribution is 5.91. The predicted octanol–water partition coefficient (Wildman–Crippen LogP) is 15.9. The summed E-state index contributed by atoms with van der Waals surface area (Å²) in [6.45, 7) is 13.1. The fourth-order valence-electron chi connectivity index (χ4n) is 11.5. The Morgan fingerprint density at radius 2 is 1.03 bits per heavy atom. The maximum Gasteiger partial charge on any atom is 0.131 e. The standard InChI is InChI=1S/C60H68O4/c1-38-32-51(59(61)53(34-38)57-40(3)20-8-6-7-9-21-43-22-10-13-25-46(43)57)49-28-16-18-30-55(49)63-41(4)36-42(5)64-56-31-19-17-29-50(56)52-33-39(2)35-54(60(52)62)58-47-26-14-11-23-44(47)37-45-24-12-15-27-48(45)58/h16-19,21,28-35,37,41-42,61-62H,3,6-15,20,22-27,36H2,1-2,4-5H3/b43-21-,57-46+/t41?,42-/m1/s1. The molecule has 4 aliphatic rings. The molecule has 0 saturated heterocycles. The molecule has 64 heavy (non-hydrogen) atoms. The van der Waals surface area contributed by atoms with Crippen molar-refractivity contribution in [1.29, 1.82) is 0 Å². The van der Waals surface area contributed by atoms with Gasteiger partial charge in [-0.25, -0.2) is 0 Å². The third-order valence-electron chi connectivity index (χ3n) is 14.4. The van der Waals surface area contributed by atoms with Crippen LogP contribution in [0.25, 0.3) is 39.0 Å². The molecule has 332 valence electrons. The molecule has 5 aromatic carbocycles. The second-order valence-electron chi connectivity index (χ2n) is 19.4. The lowest BCUT2D eigenvalue weighted by molar-refractivity contribution is 0.131. The van der Waals surface area contributed by atoms with Crippen molar-refractivity contribution >= 4 is 5.57 Å². The molecule has 0 spiro atoms. The molecule has 0 amide bonds. The zero-order valence-electron chi connectivity index (χ0n) is 38.9. The Labute approximate surface area is 382 Å². The van der Waals surface area contributed by atoms with Crippen LogP contribution in [0.15, 0.2) is 108 Å². The molecule has 5 aromatic rings. The van der Waals surface area contributed by atoms with E-state index in [0.717, 1.165) is 131 Å². The van der Waals surface area contributed by atoms with Crippen molar-refractivity contribution in [2.45, 2.75) is 155 Å². The lowest BCUT2D eigenvalue weighted by atomic mass is 9.76. The van der Waals surface area contributed by atoms with Crippen molar-refractivity contribution in [2.75, 3.05) is 0 Å². The minimum atomic E-state index is -0.193. The Balaban J connectivity index is 0.982. The molecule has 0 aromatic heterocycles. The van der Waals surface area contributed by atoms with Crippen LogP contribution >= 0.6 is 0 Å². The van der Waals surface area contributed by atoms with Crippen molar-refractivity contribution < 1.29 is 19.7 Å². The summed E-state index contributed by atoms with van der Waals surface area (Å²) >= 11 is 0. The molecule has 1 unspecified atom stereocenters. The van der Waals surface area contributed by atoms with E-state index in [1.54, 1.807) is 0 Å². The zero-order valence-corrected chi connectivity index (χ0v) is 38.9. The number of benzene rings is 5. The average molecular weight is 853 g/mol. The fraction of sp³-hybridized carbons (Fsp3) is 0.400. The molecular formula is C60H68O4. The molecule has 9 rings (SSSR count). The summed E-state index contributed by atoms with van der Waals surface area (Å²) in [5.41, 5.74) is 19.7. The minimum absolute atomic E-state index is 0.188. The van der Waals surface area contributed by atoms with Gasteiger partial charge in [0, 0.05) is 39.8 Å². The number of para-hydroxylation sites is 2. The Morgan fingerprint density at radius 3 is 1.66 bits per heavy atom. The molecular weight excluding hydrogens is 785 g/mol. The van der Waals surface area contributed by atoms with Crippen LogP contribution < -0.4 is 9.47 Å². The number of rotatable bonds is 10. The van der Waals surface area contributed by atoms with Crippen LogP contribution in [0.1, 0.15) is 143 Å². The van der Waals surface area contributed by atoms with Crippen LogP contribution in [0.3, 0.4) is 0 Å². The zero-order chi connectivity index (χ0) is 44.3. The topological polar surface area (TPSA) is 58.9 Å². The minimum Gasteiger partial charge on any atom is -0.507 e. The average Bonchev–Trinajstić information content (AvgIpc) is 3.29. The van der Waals surface area contributed by atoms with Gasteiger partial charge in [-0.3, -0.25) is 0 Å². The summed E-state index contributed by atoms with van der Waals surface area (Å²) in [4.78, 5) is 0. The van der Waals surface area contributed by atoms with Crippen LogP contribution in [-0.2, 0) is 25.7 Å². The molecule has 4 nitrogen and oxygen atoms in total. The Morgan fingerprint density at radius 1 is 0.531 bits per heavy atom. The number of allylic oxidation sites excluding steroid dienone is 5. The highest BCUT2D eigenvalue weighted by atomic mass is 16.5. The van der Waals surface area contributed by atoms with Crippen LogP contribution in [0.4, 0.5) is 0 Å². The van der Waals surface area contributed by atoms with Crippen molar-refractivity contribution in [1.82, 2.24) is 0 Å². The van der Waals surface area contributed by atoms with Gasteiger partial charge in [-0.2, -0.15) is 0 Å². The molecule has 0 aliphatic heterocycles. The van der Waals surface area contributed by atoms with Crippen LogP contribution in [0, 0.1) is 13.8 Å². The van der Waals surface area contributed by atoms with Crippen molar-refractivity contribution in [3.63, 3.8) is 0 Å². The number of phenolic OH excluding ortho intramolecular Hbond substituents is 2. The van der Waals surface area contributed by atoms with E-state index >= 15 is 0 Å². The lowest BCUT2D eigenvalue weighted by Gasteiger charge is -2.29. The smallest absolute Gasteiger partial charge is 0.131 e. The summed E-state index contributed by atoms with van der Waals surface area (Å²) in [7, 11) is 0. The molecule has 0 radical (unpaired) electrons. The van der Waals surface area contributed by atoms with Crippen LogP contribution in [0.2, 0.25) is 0 Å². The number of hydrogen-bond donors (Lipinski definition) is 2. The fourth-order valence-corrected chi connectivity index (χ4v) is 11.5. The molecule has 1 saturated carbocycles. The monoisotopic (exact) mass is 853 g/mol. The van der Waals surface area contributed by atoms with E-state index in [0.29, 0.717) is 17.9 Å². The summed E-state index contributed by atoms with van der Waals surface area (Å²) < 4.78 is 13.6. The normalized spacial score (nSPS) is 19.6. The number of aryl methyl sites for hydroxylation is 4. The van der Waals surface area contributed by atoms with E-state index < -0.39 is 0 Å². The SMILES string of the molecule is C=C1CCCCC/C=C2/CCCC/C2=C/1c1cc(C)cc(-c2ccccc2OC(C)C[C@@H](C)Oc2ccccc2-c2cc(C)cc(-c3c4c(cc5c3CCCC5)CCCC4)c2O)c1O. The molecule has 0 heterocycles. The molecule has 1 fully saturated rings. The van der Waals surface area contributed by atoms with E-state index in [1.807, 2.05) is 36.4 Å². The van der Waals surface area contributed by atoms with Crippen LogP contribution in [-0.4, -0.2) is 22.4 Å². The van der Waals surface area contributed by atoms with Crippen molar-refractivity contribution in [2.24, 2.45) is 0 Å². The highest BCUT2D eigenvalue weighted by Crippen LogP contribution is 2.49. The lowest BCUT2D eigenvalue weighted by Crippen LogP contribution is -2.23. The predicted molar refractivity (Wildman–Crippen MR) is 266 cm³/mol. The van der Waals surface area contributed by atoms with Crippen molar-refractivity contribution in [3.8, 4) is 56.4 Å². The largest absolute Gasteiger partial charge is 0.507 e. The van der Waals surface area contributed by atoms with Gasteiger partial charge in [-0.15, -0.1) is 0 Å². The number of phenols is 2. The van der Waals surface area contributed by atoms with Crippen LogP contribution in [0.5, 0.6) is 23.0 Å². The second-order valence-corrected chi connectivity index (χ2v) is 19.4. The van der Waals surface area contributed by atoms with Gasteiger partial charge in [-0.1, -0.05) is 61.5 Å². The maximum atomic E-state index is 12.3. The molecule has 0 bridgehead atoms. The highest BCUT2D eigenvalue weighted by Gasteiger charge is 2.28. The Kier molecular flexibility index (Phi) is 13.2.